The van der Waals surface area contributed by atoms with Gasteiger partial charge < -0.3 is 23.9 Å². The molecule has 0 radical (unpaired) electrons. The van der Waals surface area contributed by atoms with Gasteiger partial charge in [-0.15, -0.1) is 0 Å². The Bertz CT molecular complexity index is 700. The van der Waals surface area contributed by atoms with Crippen molar-refractivity contribution in [3.63, 3.8) is 0 Å². The van der Waals surface area contributed by atoms with Crippen molar-refractivity contribution in [1.82, 2.24) is 4.90 Å². The summed E-state index contributed by atoms with van der Waals surface area (Å²) in [7, 11) is -2.62. The van der Waals surface area contributed by atoms with Crippen LogP contribution in [0.25, 0.3) is 0 Å². The van der Waals surface area contributed by atoms with E-state index in [1.807, 2.05) is 0 Å². The van der Waals surface area contributed by atoms with E-state index in [-0.39, 0.29) is 5.91 Å². The average Bonchev–Trinajstić information content (AvgIpc) is 2.93. The monoisotopic (exact) mass is 350 g/mol. The van der Waals surface area contributed by atoms with E-state index in [1.165, 1.54) is 0 Å². The number of nitrogens with zero attached hydrogens (tertiary/aromatic N) is 2. The Labute approximate surface area is 141 Å². The summed E-state index contributed by atoms with van der Waals surface area (Å²) >= 11 is 0. The van der Waals surface area contributed by atoms with Gasteiger partial charge in [-0.3, -0.25) is 4.79 Å². The fraction of sp³-hybridized carbons (Fsp3) is 0.500. The van der Waals surface area contributed by atoms with Gasteiger partial charge in [-0.2, -0.15) is 5.26 Å². The highest BCUT2D eigenvalue weighted by atomic mass is 31.2. The van der Waals surface area contributed by atoms with Crippen molar-refractivity contribution in [1.29, 1.82) is 5.26 Å². The first-order chi connectivity index (χ1) is 11.3. The number of benzene rings is 1. The number of nitriles is 1. The maximum absolute atomic E-state index is 12.3. The first-order valence-corrected chi connectivity index (χ1v) is 8.87. The molecule has 0 aliphatic carbocycles. The molecule has 8 heteroatoms. The van der Waals surface area contributed by atoms with E-state index in [0.717, 1.165) is 6.42 Å². The Balaban J connectivity index is 2.13. The lowest BCUT2D eigenvalue weighted by molar-refractivity contribution is -0.138. The van der Waals surface area contributed by atoms with Crippen LogP contribution in [0.4, 0.5) is 0 Å². The first kappa shape index (κ1) is 17.1. The molecule has 24 heavy (non-hydrogen) atoms. The van der Waals surface area contributed by atoms with Gasteiger partial charge in [-0.1, -0.05) is 0 Å². The van der Waals surface area contributed by atoms with Crippen molar-refractivity contribution >= 4 is 14.5 Å². The van der Waals surface area contributed by atoms with Gasteiger partial charge in [-0.05, 0) is 38.5 Å². The molecule has 3 rings (SSSR count). The fourth-order valence-electron chi connectivity index (χ4n) is 3.41. The molecule has 7 nitrogen and oxygen atoms in total. The van der Waals surface area contributed by atoms with Crippen LogP contribution in [0.1, 0.15) is 43.9 Å². The summed E-state index contributed by atoms with van der Waals surface area (Å²) in [5.41, 5.74) is 0.231. The lowest BCUT2D eigenvalue weighted by Crippen LogP contribution is -2.54. The molecular formula is C16H19N2O5P. The predicted molar refractivity (Wildman–Crippen MR) is 85.8 cm³/mol. The Morgan fingerprint density at radius 3 is 2.79 bits per heavy atom. The summed E-state index contributed by atoms with van der Waals surface area (Å²) in [5.74, 6) is 0.559. The zero-order chi connectivity index (χ0) is 17.5. The molecular weight excluding hydrogens is 331 g/mol. The molecule has 2 N–H and O–H groups in total. The third kappa shape index (κ3) is 2.99. The molecule has 1 saturated heterocycles. The number of rotatable bonds is 3. The molecule has 2 unspecified atom stereocenters. The molecule has 0 saturated carbocycles. The highest BCUT2D eigenvalue weighted by Gasteiger charge is 2.50. The summed E-state index contributed by atoms with van der Waals surface area (Å²) in [5, 5.41) is 9.18. The molecule has 1 amide bonds. The van der Waals surface area contributed by atoms with E-state index in [1.54, 1.807) is 36.9 Å². The van der Waals surface area contributed by atoms with Crippen LogP contribution in [0.3, 0.4) is 0 Å². The quantitative estimate of drug-likeness (QED) is 0.808. The van der Waals surface area contributed by atoms with E-state index in [4.69, 9.17) is 9.26 Å². The highest BCUT2D eigenvalue weighted by molar-refractivity contribution is 7.39. The SMILES string of the molecule is CC1(C)Oc2ccc(C#N)cc2C(N2CCCC2=O)C1OP(O)O. The summed E-state index contributed by atoms with van der Waals surface area (Å²) in [6.07, 6.45) is 0.427. The maximum Gasteiger partial charge on any atom is 0.327 e. The third-order valence-electron chi connectivity index (χ3n) is 4.46. The molecule has 0 spiro atoms. The summed E-state index contributed by atoms with van der Waals surface area (Å²) < 4.78 is 11.4. The van der Waals surface area contributed by atoms with Crippen molar-refractivity contribution in [2.45, 2.75) is 44.4 Å². The largest absolute Gasteiger partial charge is 0.485 e. The molecule has 0 aromatic heterocycles. The minimum Gasteiger partial charge on any atom is -0.485 e. The van der Waals surface area contributed by atoms with Gasteiger partial charge in [-0.25, -0.2) is 0 Å². The van der Waals surface area contributed by atoms with Gasteiger partial charge in [0.2, 0.25) is 5.91 Å². The topological polar surface area (TPSA) is 103 Å². The first-order valence-electron chi connectivity index (χ1n) is 7.70. The van der Waals surface area contributed by atoms with Crippen LogP contribution in [0.15, 0.2) is 18.2 Å². The molecule has 1 fully saturated rings. The molecule has 2 aliphatic rings. The maximum atomic E-state index is 12.3. The van der Waals surface area contributed by atoms with Crippen LogP contribution < -0.4 is 4.74 Å². The van der Waals surface area contributed by atoms with E-state index in [0.29, 0.717) is 29.8 Å². The Kier molecular flexibility index (Phi) is 4.50. The van der Waals surface area contributed by atoms with Crippen molar-refractivity contribution < 1.29 is 23.8 Å². The second kappa shape index (κ2) is 6.30. The van der Waals surface area contributed by atoms with Crippen LogP contribution in [-0.4, -0.2) is 38.8 Å². The average molecular weight is 350 g/mol. The Morgan fingerprint density at radius 2 is 2.21 bits per heavy atom. The van der Waals surface area contributed by atoms with Gasteiger partial charge in [0.1, 0.15) is 17.5 Å². The van der Waals surface area contributed by atoms with Crippen LogP contribution in [0.2, 0.25) is 0 Å². The number of carbonyl (C=O) groups is 1. The second-order valence-corrected chi connectivity index (χ2v) is 7.20. The molecule has 128 valence electrons. The molecule has 2 aliphatic heterocycles. The molecule has 2 atom stereocenters. The second-order valence-electron chi connectivity index (χ2n) is 6.48. The number of fused-ring (bicyclic) bond motifs is 1. The van der Waals surface area contributed by atoms with Crippen molar-refractivity contribution in [2.75, 3.05) is 6.54 Å². The van der Waals surface area contributed by atoms with E-state index in [2.05, 4.69) is 6.07 Å². The molecule has 0 bridgehead atoms. The number of hydrogen-bond donors (Lipinski definition) is 2. The van der Waals surface area contributed by atoms with Gasteiger partial charge in [0, 0.05) is 18.5 Å². The summed E-state index contributed by atoms with van der Waals surface area (Å²) in [4.78, 5) is 32.8. The minimum absolute atomic E-state index is 0.0141. The molecule has 1 aromatic rings. The lowest BCUT2D eigenvalue weighted by atomic mass is 9.85. The fourth-order valence-corrected chi connectivity index (χ4v) is 3.98. The van der Waals surface area contributed by atoms with E-state index >= 15 is 0 Å². The smallest absolute Gasteiger partial charge is 0.327 e. The van der Waals surface area contributed by atoms with E-state index in [9.17, 15) is 19.8 Å². The van der Waals surface area contributed by atoms with Gasteiger partial charge >= 0.3 is 8.60 Å². The van der Waals surface area contributed by atoms with Gasteiger partial charge in [0.05, 0.1) is 17.7 Å². The standard InChI is InChI=1S/C16H19N2O5P/c1-16(2)15(23-24(20)21)14(18-7-3-4-13(18)19)11-8-10(9-17)5-6-12(11)22-16/h5-6,8,14-15,20-21H,3-4,7H2,1-2H3. The number of hydrogen-bond acceptors (Lipinski definition) is 6. The van der Waals surface area contributed by atoms with Crippen molar-refractivity contribution in [3.8, 4) is 11.8 Å². The zero-order valence-corrected chi connectivity index (χ0v) is 14.4. The van der Waals surface area contributed by atoms with E-state index < -0.39 is 26.3 Å². The van der Waals surface area contributed by atoms with Crippen LogP contribution in [-0.2, 0) is 9.32 Å². The number of ether oxygens (including phenoxy) is 1. The van der Waals surface area contributed by atoms with Gasteiger partial charge in [0.25, 0.3) is 0 Å². The predicted octanol–water partition coefficient (Wildman–Crippen LogP) is 1.99. The van der Waals surface area contributed by atoms with Gasteiger partial charge in [0.15, 0.2) is 0 Å². The van der Waals surface area contributed by atoms with Crippen molar-refractivity contribution in [3.05, 3.63) is 29.3 Å². The Hall–Kier alpha value is -1.71. The number of amides is 1. The van der Waals surface area contributed by atoms with Crippen LogP contribution in [0.5, 0.6) is 5.75 Å². The molecule has 1 aromatic carbocycles. The van der Waals surface area contributed by atoms with Crippen LogP contribution in [0, 0.1) is 11.3 Å². The summed E-state index contributed by atoms with van der Waals surface area (Å²) in [6.45, 7) is 4.13. The number of carbonyl (C=O) groups excluding carboxylic acids is 1. The summed E-state index contributed by atoms with van der Waals surface area (Å²) in [6, 6.07) is 6.59. The Morgan fingerprint density at radius 1 is 1.46 bits per heavy atom. The molecule has 2 heterocycles. The van der Waals surface area contributed by atoms with Crippen molar-refractivity contribution in [2.24, 2.45) is 0 Å². The normalized spacial score (nSPS) is 25.3. The third-order valence-corrected chi connectivity index (χ3v) is 4.87. The van der Waals surface area contributed by atoms with Crippen LogP contribution >= 0.6 is 8.60 Å². The number of likely N-dealkylation sites (tertiary alicyclic amines) is 1. The lowest BCUT2D eigenvalue weighted by Gasteiger charge is -2.47. The zero-order valence-electron chi connectivity index (χ0n) is 13.5. The minimum atomic E-state index is -2.62. The highest BCUT2D eigenvalue weighted by Crippen LogP contribution is 2.48.